The zero-order valence-corrected chi connectivity index (χ0v) is 17.3. The van der Waals surface area contributed by atoms with Gasteiger partial charge in [0.2, 0.25) is 5.78 Å². The number of aliphatic hydroxyl groups is 1. The maximum atomic E-state index is 13.9. The van der Waals surface area contributed by atoms with Crippen LogP contribution in [0.15, 0.2) is 64.8 Å². The molecule has 1 aromatic carbocycles. The van der Waals surface area contributed by atoms with Crippen molar-refractivity contribution in [3.05, 3.63) is 77.5 Å². The second-order valence-corrected chi connectivity index (χ2v) is 7.34. The van der Waals surface area contributed by atoms with E-state index < -0.39 is 28.9 Å². The highest BCUT2D eigenvalue weighted by molar-refractivity contribution is 6.25. The van der Waals surface area contributed by atoms with E-state index >= 15 is 0 Å². The van der Waals surface area contributed by atoms with Crippen LogP contribution in [-0.4, -0.2) is 54.4 Å². The first-order chi connectivity index (χ1) is 14.9. The number of para-hydroxylation sites is 1. The molecule has 2 aliphatic heterocycles. The van der Waals surface area contributed by atoms with Gasteiger partial charge in [-0.2, -0.15) is 0 Å². The monoisotopic (exact) mass is 422 g/mol. The van der Waals surface area contributed by atoms with Gasteiger partial charge in [-0.3, -0.25) is 14.4 Å². The van der Waals surface area contributed by atoms with Gasteiger partial charge in [-0.05, 0) is 25.1 Å². The molecule has 0 saturated carbocycles. The Morgan fingerprint density at radius 3 is 2.65 bits per heavy atom. The third-order valence-corrected chi connectivity index (χ3v) is 5.61. The van der Waals surface area contributed by atoms with E-state index in [1.807, 2.05) is 0 Å². The number of carbonyl (C=O) groups is 3. The summed E-state index contributed by atoms with van der Waals surface area (Å²) < 4.78 is 10.6. The minimum Gasteiger partial charge on any atom is -0.503 e. The zero-order chi connectivity index (χ0) is 22.3. The Bertz CT molecular complexity index is 1130. The number of ketones is 1. The number of rotatable bonds is 7. The van der Waals surface area contributed by atoms with Crippen LogP contribution in [0.25, 0.3) is 0 Å². The molecule has 1 unspecified atom stereocenters. The molecule has 1 aromatic heterocycles. The molecule has 2 amide bonds. The van der Waals surface area contributed by atoms with Crippen molar-refractivity contribution in [1.29, 1.82) is 0 Å². The van der Waals surface area contributed by atoms with E-state index in [2.05, 4.69) is 6.58 Å². The maximum absolute atomic E-state index is 13.9. The highest BCUT2D eigenvalue weighted by atomic mass is 16.5. The normalized spacial score (nSPS) is 20.2. The van der Waals surface area contributed by atoms with E-state index in [-0.39, 0.29) is 31.0 Å². The van der Waals surface area contributed by atoms with Gasteiger partial charge in [0.1, 0.15) is 5.76 Å². The fourth-order valence-corrected chi connectivity index (χ4v) is 4.34. The first-order valence-corrected chi connectivity index (χ1v) is 9.77. The number of nitrogens with zero attached hydrogens (tertiary/aromatic N) is 2. The van der Waals surface area contributed by atoms with Crippen molar-refractivity contribution in [2.75, 3.05) is 31.7 Å². The van der Waals surface area contributed by atoms with E-state index in [0.717, 1.165) is 0 Å². The Morgan fingerprint density at radius 1 is 1.26 bits per heavy atom. The molecule has 2 aromatic rings. The van der Waals surface area contributed by atoms with Gasteiger partial charge in [0.05, 0.1) is 17.9 Å². The topological polar surface area (TPSA) is 100 Å². The molecule has 3 heterocycles. The zero-order valence-electron chi connectivity index (χ0n) is 17.3. The number of hydrogen-bond acceptors (Lipinski definition) is 6. The smallest absolute Gasteiger partial charge is 0.290 e. The fraction of sp³-hybridized carbons (Fsp3) is 0.261. The fourth-order valence-electron chi connectivity index (χ4n) is 4.34. The number of amides is 2. The standard InChI is InChI=1S/C23H22N2O6/c1-4-11-24-16-8-6-5-7-15(16)23(22(24)29)18(19(26)17-10-9-14(2)31-17)20(27)21(28)25(23)12-13-30-3/h4-10,27H,1,11-13H2,2-3H3. The Morgan fingerprint density at radius 2 is 2.00 bits per heavy atom. The van der Waals surface area contributed by atoms with Crippen LogP contribution in [0, 0.1) is 6.92 Å². The lowest BCUT2D eigenvalue weighted by Gasteiger charge is -2.35. The minimum atomic E-state index is -1.82. The minimum absolute atomic E-state index is 0.00460. The molecule has 0 radical (unpaired) electrons. The molecule has 8 heteroatoms. The molecule has 0 fully saturated rings. The average Bonchev–Trinajstić information content (AvgIpc) is 3.37. The molecule has 1 atom stereocenters. The second-order valence-electron chi connectivity index (χ2n) is 7.34. The van der Waals surface area contributed by atoms with Crippen LogP contribution in [-0.2, 0) is 19.9 Å². The average molecular weight is 422 g/mol. The summed E-state index contributed by atoms with van der Waals surface area (Å²) in [7, 11) is 1.46. The van der Waals surface area contributed by atoms with Gasteiger partial charge in [-0.1, -0.05) is 24.3 Å². The highest BCUT2D eigenvalue weighted by Crippen LogP contribution is 2.53. The number of aliphatic hydroxyl groups excluding tert-OH is 1. The van der Waals surface area contributed by atoms with E-state index in [4.69, 9.17) is 9.15 Å². The number of aryl methyl sites for hydroxylation is 1. The summed E-state index contributed by atoms with van der Waals surface area (Å²) in [6, 6.07) is 9.96. The number of ether oxygens (including phenoxy) is 1. The lowest BCUT2D eigenvalue weighted by molar-refractivity contribution is -0.140. The second kappa shape index (κ2) is 7.55. The molecule has 0 bridgehead atoms. The lowest BCUT2D eigenvalue weighted by atomic mass is 9.81. The van der Waals surface area contributed by atoms with Crippen LogP contribution in [0.4, 0.5) is 5.69 Å². The Labute approximate surface area is 179 Å². The van der Waals surface area contributed by atoms with Crippen LogP contribution < -0.4 is 4.90 Å². The number of anilines is 1. The molecule has 2 aliphatic rings. The van der Waals surface area contributed by atoms with Crippen molar-refractivity contribution >= 4 is 23.3 Å². The lowest BCUT2D eigenvalue weighted by Crippen LogP contribution is -2.54. The first-order valence-electron chi connectivity index (χ1n) is 9.77. The van der Waals surface area contributed by atoms with Crippen molar-refractivity contribution in [1.82, 2.24) is 4.90 Å². The van der Waals surface area contributed by atoms with Crippen LogP contribution in [0.2, 0.25) is 0 Å². The number of fused-ring (bicyclic) bond motifs is 2. The van der Waals surface area contributed by atoms with Crippen molar-refractivity contribution in [2.45, 2.75) is 12.5 Å². The molecule has 0 saturated heterocycles. The van der Waals surface area contributed by atoms with E-state index in [1.165, 1.54) is 23.0 Å². The van der Waals surface area contributed by atoms with Crippen molar-refractivity contribution < 1.29 is 28.6 Å². The van der Waals surface area contributed by atoms with E-state index in [1.54, 1.807) is 43.3 Å². The van der Waals surface area contributed by atoms with Crippen LogP contribution in [0.5, 0.6) is 0 Å². The molecule has 160 valence electrons. The number of furan rings is 1. The van der Waals surface area contributed by atoms with Gasteiger partial charge >= 0.3 is 0 Å². The van der Waals surface area contributed by atoms with E-state index in [0.29, 0.717) is 17.0 Å². The quantitative estimate of drug-likeness (QED) is 0.544. The first kappa shape index (κ1) is 20.6. The van der Waals surface area contributed by atoms with Crippen LogP contribution in [0.1, 0.15) is 21.9 Å². The predicted molar refractivity (Wildman–Crippen MR) is 112 cm³/mol. The summed E-state index contributed by atoms with van der Waals surface area (Å²) in [6.45, 7) is 5.66. The SMILES string of the molecule is C=CCN1C(=O)C2(C(C(=O)c3ccc(C)o3)=C(O)C(=O)N2CCOC)c2ccccc21. The number of hydrogen-bond donors (Lipinski definition) is 1. The van der Waals surface area contributed by atoms with Crippen LogP contribution >= 0.6 is 0 Å². The largest absolute Gasteiger partial charge is 0.503 e. The van der Waals surface area contributed by atoms with Gasteiger partial charge in [0, 0.05) is 25.8 Å². The summed E-state index contributed by atoms with van der Waals surface area (Å²) >= 11 is 0. The van der Waals surface area contributed by atoms with Crippen molar-refractivity contribution in [3.8, 4) is 0 Å². The Hall–Kier alpha value is -3.65. The number of methoxy groups -OCH3 is 1. The summed E-state index contributed by atoms with van der Waals surface area (Å²) in [4.78, 5) is 43.2. The molecule has 31 heavy (non-hydrogen) atoms. The van der Waals surface area contributed by atoms with Gasteiger partial charge in [-0.15, -0.1) is 6.58 Å². The Balaban J connectivity index is 2.00. The molecule has 0 aliphatic carbocycles. The molecule has 1 N–H and O–H groups in total. The third kappa shape index (κ3) is 2.75. The molecule has 4 rings (SSSR count). The van der Waals surface area contributed by atoms with Gasteiger partial charge in [0.15, 0.2) is 17.1 Å². The molecule has 1 spiro atoms. The van der Waals surface area contributed by atoms with Crippen molar-refractivity contribution in [2.24, 2.45) is 0 Å². The maximum Gasteiger partial charge on any atom is 0.290 e. The Kier molecular flexibility index (Phi) is 5.02. The summed E-state index contributed by atoms with van der Waals surface area (Å²) in [6.07, 6.45) is 1.56. The molecular weight excluding hydrogens is 400 g/mol. The number of benzene rings is 1. The van der Waals surface area contributed by atoms with Gasteiger partial charge in [-0.25, -0.2) is 0 Å². The van der Waals surface area contributed by atoms with Gasteiger partial charge in [0.25, 0.3) is 11.8 Å². The van der Waals surface area contributed by atoms with E-state index in [9.17, 15) is 19.5 Å². The third-order valence-electron chi connectivity index (χ3n) is 5.61. The summed E-state index contributed by atoms with van der Waals surface area (Å²) in [5.74, 6) is -2.39. The van der Waals surface area contributed by atoms with Crippen LogP contribution in [0.3, 0.4) is 0 Å². The highest BCUT2D eigenvalue weighted by Gasteiger charge is 2.65. The molecular formula is C23H22N2O6. The number of Topliss-reactive ketones (excluding diaryl/α,β-unsaturated/α-hetero) is 1. The van der Waals surface area contributed by atoms with Crippen molar-refractivity contribution in [3.63, 3.8) is 0 Å². The summed E-state index contributed by atoms with van der Waals surface area (Å²) in [5.41, 5.74) is -1.16. The summed E-state index contributed by atoms with van der Waals surface area (Å²) in [5, 5.41) is 10.8. The molecule has 8 nitrogen and oxygen atoms in total. The number of carbonyl (C=O) groups excluding carboxylic acids is 3. The van der Waals surface area contributed by atoms with Gasteiger partial charge < -0.3 is 24.1 Å². The predicted octanol–water partition coefficient (Wildman–Crippen LogP) is 2.50.